The van der Waals surface area contributed by atoms with Gasteiger partial charge >= 0.3 is 5.69 Å². The van der Waals surface area contributed by atoms with Crippen molar-refractivity contribution in [1.82, 2.24) is 0 Å². The van der Waals surface area contributed by atoms with Crippen molar-refractivity contribution in [3.63, 3.8) is 0 Å². The molecule has 25 heavy (non-hydrogen) atoms. The summed E-state index contributed by atoms with van der Waals surface area (Å²) in [5, 5.41) is 14.2. The van der Waals surface area contributed by atoms with Crippen LogP contribution in [0, 0.1) is 21.7 Å². The SMILES string of the molecule is CS(=O)(=O)c1cccc(NC2CC2c2c(F)cccc2F)c1[N+](=O)[O-]. The van der Waals surface area contributed by atoms with Gasteiger partial charge in [0.25, 0.3) is 0 Å². The minimum absolute atomic E-state index is 0.0113. The maximum Gasteiger partial charge on any atom is 0.310 e. The standard InChI is InChI=1S/C16H14F2N2O4S/c1-25(23,24)14-7-3-6-12(16(14)20(21)22)19-13-8-9(13)15-10(17)4-2-5-11(15)18/h2-7,9,13,19H,8H2,1H3. The van der Waals surface area contributed by atoms with Gasteiger partial charge in [0.05, 0.1) is 4.92 Å². The average Bonchev–Trinajstić information content (AvgIpc) is 3.24. The first-order valence-corrected chi connectivity index (χ1v) is 9.27. The maximum absolute atomic E-state index is 13.8. The molecule has 1 fully saturated rings. The van der Waals surface area contributed by atoms with Gasteiger partial charge in [-0.1, -0.05) is 12.1 Å². The van der Waals surface area contributed by atoms with Gasteiger partial charge in [0, 0.05) is 23.8 Å². The second kappa shape index (κ2) is 6.07. The molecule has 6 nitrogen and oxygen atoms in total. The molecule has 0 radical (unpaired) electrons. The summed E-state index contributed by atoms with van der Waals surface area (Å²) in [6.07, 6.45) is 1.27. The van der Waals surface area contributed by atoms with Gasteiger partial charge in [-0.25, -0.2) is 17.2 Å². The number of nitrogens with one attached hydrogen (secondary N) is 1. The number of nitrogens with zero attached hydrogens (tertiary/aromatic N) is 1. The van der Waals surface area contributed by atoms with Gasteiger partial charge in [-0.3, -0.25) is 10.1 Å². The van der Waals surface area contributed by atoms with E-state index in [0.29, 0.717) is 6.42 Å². The van der Waals surface area contributed by atoms with Crippen LogP contribution in [-0.2, 0) is 9.84 Å². The number of benzene rings is 2. The highest BCUT2D eigenvalue weighted by molar-refractivity contribution is 7.90. The topological polar surface area (TPSA) is 89.3 Å². The molecular weight excluding hydrogens is 354 g/mol. The molecule has 2 aromatic carbocycles. The molecule has 2 unspecified atom stereocenters. The second-order valence-electron chi connectivity index (χ2n) is 5.91. The normalized spacial score (nSPS) is 19.5. The molecule has 1 N–H and O–H groups in total. The van der Waals surface area contributed by atoms with E-state index in [1.807, 2.05) is 0 Å². The molecule has 9 heteroatoms. The lowest BCUT2D eigenvalue weighted by Gasteiger charge is -2.10. The second-order valence-corrected chi connectivity index (χ2v) is 7.89. The highest BCUT2D eigenvalue weighted by Gasteiger charge is 2.43. The van der Waals surface area contributed by atoms with Crippen LogP contribution in [0.5, 0.6) is 0 Å². The fourth-order valence-electron chi connectivity index (χ4n) is 2.86. The Labute approximate surface area is 142 Å². The molecule has 3 rings (SSSR count). The number of hydrogen-bond acceptors (Lipinski definition) is 5. The molecule has 2 aromatic rings. The number of para-hydroxylation sites is 1. The summed E-state index contributed by atoms with van der Waals surface area (Å²) in [6, 6.07) is 7.06. The van der Waals surface area contributed by atoms with Gasteiger partial charge in [0.15, 0.2) is 9.84 Å². The smallest absolute Gasteiger partial charge is 0.310 e. The quantitative estimate of drug-likeness (QED) is 0.646. The van der Waals surface area contributed by atoms with Crippen LogP contribution in [-0.4, -0.2) is 25.6 Å². The first-order valence-electron chi connectivity index (χ1n) is 7.38. The number of sulfone groups is 1. The van der Waals surface area contributed by atoms with Crippen molar-refractivity contribution in [2.75, 3.05) is 11.6 Å². The van der Waals surface area contributed by atoms with Crippen molar-refractivity contribution in [3.8, 4) is 0 Å². The van der Waals surface area contributed by atoms with Gasteiger partial charge in [-0.05, 0) is 30.7 Å². The van der Waals surface area contributed by atoms with Gasteiger partial charge < -0.3 is 5.32 Å². The molecule has 2 atom stereocenters. The van der Waals surface area contributed by atoms with Crippen molar-refractivity contribution in [2.24, 2.45) is 0 Å². The van der Waals surface area contributed by atoms with Crippen LogP contribution in [0.15, 0.2) is 41.3 Å². The average molecular weight is 368 g/mol. The van der Waals surface area contributed by atoms with E-state index < -0.39 is 48.9 Å². The van der Waals surface area contributed by atoms with E-state index in [0.717, 1.165) is 24.5 Å². The first kappa shape index (κ1) is 17.3. The maximum atomic E-state index is 13.8. The third kappa shape index (κ3) is 3.32. The van der Waals surface area contributed by atoms with Crippen molar-refractivity contribution < 1.29 is 22.1 Å². The Balaban J connectivity index is 1.92. The predicted molar refractivity (Wildman–Crippen MR) is 87.3 cm³/mol. The zero-order chi connectivity index (χ0) is 18.4. The Morgan fingerprint density at radius 2 is 1.76 bits per heavy atom. The van der Waals surface area contributed by atoms with Crippen molar-refractivity contribution in [2.45, 2.75) is 23.3 Å². The predicted octanol–water partition coefficient (Wildman–Crippen LogP) is 3.24. The number of nitro benzene ring substituents is 1. The summed E-state index contributed by atoms with van der Waals surface area (Å²) in [4.78, 5) is 10.1. The summed E-state index contributed by atoms with van der Waals surface area (Å²) >= 11 is 0. The molecular formula is C16H14F2N2O4S. The minimum atomic E-state index is -3.80. The van der Waals surface area contributed by atoms with Crippen LogP contribution in [0.2, 0.25) is 0 Å². The van der Waals surface area contributed by atoms with Gasteiger partial charge in [-0.15, -0.1) is 0 Å². The van der Waals surface area contributed by atoms with E-state index in [1.54, 1.807) is 0 Å². The molecule has 0 spiro atoms. The summed E-state index contributed by atoms with van der Waals surface area (Å²) < 4.78 is 51.2. The van der Waals surface area contributed by atoms with Crippen LogP contribution < -0.4 is 5.32 Å². The van der Waals surface area contributed by atoms with Crippen LogP contribution in [0.4, 0.5) is 20.2 Å². The van der Waals surface area contributed by atoms with Gasteiger partial charge in [0.1, 0.15) is 22.2 Å². The molecule has 0 saturated heterocycles. The number of anilines is 1. The number of nitro groups is 1. The lowest BCUT2D eigenvalue weighted by Crippen LogP contribution is -2.10. The molecule has 1 aliphatic rings. The van der Waals surface area contributed by atoms with Crippen LogP contribution in [0.1, 0.15) is 17.9 Å². The highest BCUT2D eigenvalue weighted by Crippen LogP contribution is 2.46. The lowest BCUT2D eigenvalue weighted by molar-refractivity contribution is -0.386. The van der Waals surface area contributed by atoms with Crippen molar-refractivity contribution in [1.29, 1.82) is 0 Å². The molecule has 0 heterocycles. The molecule has 1 saturated carbocycles. The Morgan fingerprint density at radius 1 is 1.16 bits per heavy atom. The van der Waals surface area contributed by atoms with E-state index in [1.165, 1.54) is 18.2 Å². The molecule has 0 bridgehead atoms. The Bertz CT molecular complexity index is 942. The molecule has 1 aliphatic carbocycles. The van der Waals surface area contributed by atoms with E-state index in [2.05, 4.69) is 5.32 Å². The van der Waals surface area contributed by atoms with Crippen LogP contribution in [0.3, 0.4) is 0 Å². The zero-order valence-electron chi connectivity index (χ0n) is 13.1. The lowest BCUT2D eigenvalue weighted by atomic mass is 10.1. The van der Waals surface area contributed by atoms with E-state index in [-0.39, 0.29) is 11.3 Å². The molecule has 0 amide bonds. The summed E-state index contributed by atoms with van der Waals surface area (Å²) in [5.74, 6) is -1.81. The largest absolute Gasteiger partial charge is 0.376 e. The Kier molecular flexibility index (Phi) is 4.19. The number of rotatable bonds is 5. The molecule has 132 valence electrons. The summed E-state index contributed by atoms with van der Waals surface area (Å²) in [6.45, 7) is 0. The van der Waals surface area contributed by atoms with Crippen molar-refractivity contribution >= 4 is 21.2 Å². The van der Waals surface area contributed by atoms with E-state index >= 15 is 0 Å². The Morgan fingerprint density at radius 3 is 2.32 bits per heavy atom. The highest BCUT2D eigenvalue weighted by atomic mass is 32.2. The third-order valence-corrected chi connectivity index (χ3v) is 5.21. The molecule has 0 aromatic heterocycles. The fourth-order valence-corrected chi connectivity index (χ4v) is 3.73. The first-order chi connectivity index (χ1) is 11.7. The van der Waals surface area contributed by atoms with E-state index in [4.69, 9.17) is 0 Å². The monoisotopic (exact) mass is 368 g/mol. The minimum Gasteiger partial charge on any atom is -0.376 e. The molecule has 0 aliphatic heterocycles. The van der Waals surface area contributed by atoms with Gasteiger partial charge in [-0.2, -0.15) is 0 Å². The van der Waals surface area contributed by atoms with Crippen molar-refractivity contribution in [3.05, 3.63) is 63.7 Å². The van der Waals surface area contributed by atoms with E-state index in [9.17, 15) is 27.3 Å². The number of halogens is 2. The fraction of sp³-hybridized carbons (Fsp3) is 0.250. The summed E-state index contributed by atoms with van der Waals surface area (Å²) in [5.41, 5.74) is -0.622. The zero-order valence-corrected chi connectivity index (χ0v) is 13.9. The van der Waals surface area contributed by atoms with Crippen LogP contribution >= 0.6 is 0 Å². The number of hydrogen-bond donors (Lipinski definition) is 1. The third-order valence-electron chi connectivity index (χ3n) is 4.08. The van der Waals surface area contributed by atoms with Crippen LogP contribution in [0.25, 0.3) is 0 Å². The van der Waals surface area contributed by atoms with Gasteiger partial charge in [0.2, 0.25) is 0 Å². The Hall–Kier alpha value is -2.55. The summed E-state index contributed by atoms with van der Waals surface area (Å²) in [7, 11) is -3.80.